The number of pyridine rings is 1. The highest BCUT2D eigenvalue weighted by Crippen LogP contribution is 2.29. The molecule has 140 valence electrons. The molecule has 2 saturated heterocycles. The standard InChI is InChI=1S/C20H28N4O2/c1-14-11-23(12-15(2)26-14)19(25)13-24-18(17-6-3-7-21-10-17)9-16-5-4-8-22-20(16)24/h4-5,8-9,14-15,17,21H,3,6-7,10-13H2,1-2H3/t14-,15-,17+/m1/s1. The Morgan fingerprint density at radius 1 is 1.35 bits per heavy atom. The third kappa shape index (κ3) is 3.48. The van der Waals surface area contributed by atoms with Crippen LogP contribution in [0.3, 0.4) is 0 Å². The number of carbonyl (C=O) groups is 1. The van der Waals surface area contributed by atoms with Crippen LogP contribution >= 0.6 is 0 Å². The van der Waals surface area contributed by atoms with E-state index >= 15 is 0 Å². The van der Waals surface area contributed by atoms with Gasteiger partial charge in [0.05, 0.1) is 12.2 Å². The third-order valence-electron chi connectivity index (χ3n) is 5.47. The normalized spacial score (nSPS) is 27.0. The molecule has 6 heteroatoms. The molecule has 26 heavy (non-hydrogen) atoms. The molecule has 2 aliphatic rings. The lowest BCUT2D eigenvalue weighted by molar-refractivity contribution is -0.143. The highest BCUT2D eigenvalue weighted by molar-refractivity contribution is 5.82. The van der Waals surface area contributed by atoms with E-state index in [0.717, 1.165) is 30.5 Å². The molecule has 6 nitrogen and oxygen atoms in total. The Morgan fingerprint density at radius 2 is 2.15 bits per heavy atom. The topological polar surface area (TPSA) is 59.4 Å². The molecule has 0 aliphatic carbocycles. The van der Waals surface area contributed by atoms with Crippen LogP contribution in [0.5, 0.6) is 0 Å². The van der Waals surface area contributed by atoms with E-state index in [1.807, 2.05) is 31.0 Å². The molecular formula is C20H28N4O2. The first-order valence-corrected chi connectivity index (χ1v) is 9.70. The van der Waals surface area contributed by atoms with Gasteiger partial charge >= 0.3 is 0 Å². The second-order valence-corrected chi connectivity index (χ2v) is 7.67. The van der Waals surface area contributed by atoms with Crippen molar-refractivity contribution in [2.75, 3.05) is 26.2 Å². The largest absolute Gasteiger partial charge is 0.372 e. The van der Waals surface area contributed by atoms with Crippen LogP contribution in [-0.4, -0.2) is 58.7 Å². The van der Waals surface area contributed by atoms with Crippen molar-refractivity contribution in [1.82, 2.24) is 19.8 Å². The minimum absolute atomic E-state index is 0.0873. The van der Waals surface area contributed by atoms with Gasteiger partial charge in [-0.2, -0.15) is 0 Å². The monoisotopic (exact) mass is 356 g/mol. The van der Waals surface area contributed by atoms with Crippen molar-refractivity contribution in [2.45, 2.75) is 51.4 Å². The van der Waals surface area contributed by atoms with Crippen LogP contribution in [0, 0.1) is 0 Å². The first-order valence-electron chi connectivity index (χ1n) is 9.70. The Balaban J connectivity index is 1.63. The van der Waals surface area contributed by atoms with Crippen LogP contribution in [-0.2, 0) is 16.1 Å². The molecule has 1 N–H and O–H groups in total. The average molecular weight is 356 g/mol. The summed E-state index contributed by atoms with van der Waals surface area (Å²) in [5, 5.41) is 4.60. The summed E-state index contributed by atoms with van der Waals surface area (Å²) in [6.07, 6.45) is 4.31. The summed E-state index contributed by atoms with van der Waals surface area (Å²) in [7, 11) is 0. The number of hydrogen-bond donors (Lipinski definition) is 1. The van der Waals surface area contributed by atoms with Gasteiger partial charge in [0, 0.05) is 42.8 Å². The Morgan fingerprint density at radius 3 is 2.88 bits per heavy atom. The molecule has 0 saturated carbocycles. The van der Waals surface area contributed by atoms with Gasteiger partial charge < -0.3 is 19.5 Å². The average Bonchev–Trinajstić information content (AvgIpc) is 3.00. The number of nitrogens with one attached hydrogen (secondary N) is 1. The predicted molar refractivity (Wildman–Crippen MR) is 101 cm³/mol. The van der Waals surface area contributed by atoms with Gasteiger partial charge in [-0.25, -0.2) is 4.98 Å². The van der Waals surface area contributed by atoms with Crippen molar-refractivity contribution < 1.29 is 9.53 Å². The van der Waals surface area contributed by atoms with Crippen molar-refractivity contribution in [1.29, 1.82) is 0 Å². The van der Waals surface area contributed by atoms with E-state index in [1.54, 1.807) is 0 Å². The Hall–Kier alpha value is -1.92. The number of fused-ring (bicyclic) bond motifs is 1. The first kappa shape index (κ1) is 17.5. The van der Waals surface area contributed by atoms with Crippen LogP contribution in [0.2, 0.25) is 0 Å². The van der Waals surface area contributed by atoms with E-state index in [4.69, 9.17) is 4.74 Å². The van der Waals surface area contributed by atoms with E-state index in [0.29, 0.717) is 25.6 Å². The number of ether oxygens (including phenoxy) is 1. The lowest BCUT2D eigenvalue weighted by atomic mass is 9.96. The number of hydrogen-bond acceptors (Lipinski definition) is 4. The van der Waals surface area contributed by atoms with Crippen molar-refractivity contribution in [3.8, 4) is 0 Å². The maximum atomic E-state index is 13.0. The fourth-order valence-electron chi connectivity index (χ4n) is 4.33. The number of amides is 1. The number of aromatic nitrogens is 2. The molecule has 4 heterocycles. The summed E-state index contributed by atoms with van der Waals surface area (Å²) in [4.78, 5) is 19.6. The fraction of sp³-hybridized carbons (Fsp3) is 0.600. The van der Waals surface area contributed by atoms with Gasteiger partial charge in [0.2, 0.25) is 5.91 Å². The minimum Gasteiger partial charge on any atom is -0.372 e. The quantitative estimate of drug-likeness (QED) is 0.915. The van der Waals surface area contributed by atoms with E-state index in [1.165, 1.54) is 12.1 Å². The second-order valence-electron chi connectivity index (χ2n) is 7.67. The number of nitrogens with zero attached hydrogens (tertiary/aromatic N) is 3. The van der Waals surface area contributed by atoms with Crippen LogP contribution < -0.4 is 5.32 Å². The van der Waals surface area contributed by atoms with Crippen LogP contribution in [0.4, 0.5) is 0 Å². The third-order valence-corrected chi connectivity index (χ3v) is 5.47. The lowest BCUT2D eigenvalue weighted by Gasteiger charge is -2.35. The highest BCUT2D eigenvalue weighted by Gasteiger charge is 2.28. The molecular weight excluding hydrogens is 328 g/mol. The van der Waals surface area contributed by atoms with E-state index in [2.05, 4.69) is 27.0 Å². The summed E-state index contributed by atoms with van der Waals surface area (Å²) >= 11 is 0. The summed E-state index contributed by atoms with van der Waals surface area (Å²) in [6.45, 7) is 7.79. The summed E-state index contributed by atoms with van der Waals surface area (Å²) in [5.41, 5.74) is 2.14. The zero-order valence-electron chi connectivity index (χ0n) is 15.6. The first-order chi connectivity index (χ1) is 12.6. The van der Waals surface area contributed by atoms with E-state index in [9.17, 15) is 4.79 Å². The van der Waals surface area contributed by atoms with Crippen LogP contribution in [0.15, 0.2) is 24.4 Å². The Labute approximate surface area is 154 Å². The van der Waals surface area contributed by atoms with Gasteiger partial charge in [0.15, 0.2) is 0 Å². The minimum atomic E-state index is 0.0873. The van der Waals surface area contributed by atoms with Crippen molar-refractivity contribution in [2.24, 2.45) is 0 Å². The maximum absolute atomic E-state index is 13.0. The van der Waals surface area contributed by atoms with Crippen molar-refractivity contribution >= 4 is 16.9 Å². The SMILES string of the molecule is C[C@@H]1CN(C(=O)Cn2c([C@H]3CCCNC3)cc3cccnc32)C[C@@H](C)O1. The van der Waals surface area contributed by atoms with Gasteiger partial charge in [-0.05, 0) is 51.4 Å². The molecule has 0 spiro atoms. The number of piperidine rings is 1. The van der Waals surface area contributed by atoms with E-state index in [-0.39, 0.29) is 18.1 Å². The molecule has 0 bridgehead atoms. The highest BCUT2D eigenvalue weighted by atomic mass is 16.5. The molecule has 0 unspecified atom stereocenters. The van der Waals surface area contributed by atoms with Gasteiger partial charge in [-0.1, -0.05) is 0 Å². The number of carbonyl (C=O) groups excluding carboxylic acids is 1. The molecule has 4 rings (SSSR count). The fourth-order valence-corrected chi connectivity index (χ4v) is 4.33. The smallest absolute Gasteiger partial charge is 0.242 e. The van der Waals surface area contributed by atoms with Crippen molar-refractivity contribution in [3.63, 3.8) is 0 Å². The van der Waals surface area contributed by atoms with Gasteiger partial charge in [-0.3, -0.25) is 4.79 Å². The van der Waals surface area contributed by atoms with Crippen LogP contribution in [0.25, 0.3) is 11.0 Å². The molecule has 1 amide bonds. The number of rotatable bonds is 3. The molecule has 0 radical (unpaired) electrons. The second kappa shape index (κ2) is 7.37. The maximum Gasteiger partial charge on any atom is 0.242 e. The van der Waals surface area contributed by atoms with Crippen molar-refractivity contribution in [3.05, 3.63) is 30.1 Å². The summed E-state index contributed by atoms with van der Waals surface area (Å²) < 4.78 is 7.91. The Bertz CT molecular complexity index is 771. The molecule has 2 fully saturated rings. The zero-order chi connectivity index (χ0) is 18.1. The molecule has 3 atom stereocenters. The van der Waals surface area contributed by atoms with Crippen LogP contribution in [0.1, 0.15) is 38.3 Å². The molecule has 2 aromatic heterocycles. The lowest BCUT2D eigenvalue weighted by Crippen LogP contribution is -2.49. The van der Waals surface area contributed by atoms with Gasteiger partial charge in [-0.15, -0.1) is 0 Å². The van der Waals surface area contributed by atoms with E-state index < -0.39 is 0 Å². The number of morpholine rings is 1. The zero-order valence-corrected chi connectivity index (χ0v) is 15.6. The molecule has 2 aliphatic heterocycles. The Kier molecular flexibility index (Phi) is 4.96. The molecule has 0 aromatic carbocycles. The molecule has 2 aromatic rings. The van der Waals surface area contributed by atoms with Gasteiger partial charge in [0.25, 0.3) is 0 Å². The van der Waals surface area contributed by atoms with Gasteiger partial charge in [0.1, 0.15) is 12.2 Å². The summed E-state index contributed by atoms with van der Waals surface area (Å²) in [5.74, 6) is 0.591. The predicted octanol–water partition coefficient (Wildman–Crippen LogP) is 2.14. The summed E-state index contributed by atoms with van der Waals surface area (Å²) in [6, 6.07) is 6.27.